The molecule has 0 aliphatic carbocycles. The van der Waals surface area contributed by atoms with E-state index in [9.17, 15) is 0 Å². The molecule has 0 fully saturated rings. The maximum Gasteiger partial charge on any atom is 0.152 e. The highest BCUT2D eigenvalue weighted by Gasteiger charge is 2.08. The molecule has 18 heavy (non-hydrogen) atoms. The molecule has 0 saturated heterocycles. The number of fused-ring (bicyclic) bond motifs is 1. The zero-order valence-electron chi connectivity index (χ0n) is 9.50. The predicted molar refractivity (Wildman–Crippen MR) is 72.3 cm³/mol. The third-order valence-corrected chi connectivity index (χ3v) is 3.64. The summed E-state index contributed by atoms with van der Waals surface area (Å²) >= 11 is 1.63. The molecule has 0 saturated carbocycles. The Morgan fingerprint density at radius 1 is 1.22 bits per heavy atom. The number of nitrogens with one attached hydrogen (secondary N) is 1. The maximum absolute atomic E-state index is 5.43. The topological polar surface area (TPSA) is 76.7 Å². The first-order chi connectivity index (χ1) is 8.86. The van der Waals surface area contributed by atoms with Gasteiger partial charge in [0.15, 0.2) is 5.82 Å². The van der Waals surface area contributed by atoms with Crippen LogP contribution in [0, 0.1) is 0 Å². The van der Waals surface area contributed by atoms with E-state index in [0.717, 1.165) is 22.3 Å². The summed E-state index contributed by atoms with van der Waals surface area (Å²) in [7, 11) is 0. The van der Waals surface area contributed by atoms with Crippen LogP contribution in [0.1, 0.15) is 10.6 Å². The molecule has 3 heterocycles. The van der Waals surface area contributed by atoms with Gasteiger partial charge in [-0.1, -0.05) is 6.07 Å². The van der Waals surface area contributed by atoms with Crippen LogP contribution in [-0.4, -0.2) is 15.0 Å². The molecule has 0 atom stereocenters. The lowest BCUT2D eigenvalue weighted by Crippen LogP contribution is -2.08. The van der Waals surface area contributed by atoms with E-state index in [1.54, 1.807) is 17.5 Å². The highest BCUT2D eigenvalue weighted by molar-refractivity contribution is 7.18. The first-order valence-electron chi connectivity index (χ1n) is 5.47. The van der Waals surface area contributed by atoms with E-state index < -0.39 is 0 Å². The maximum atomic E-state index is 5.43. The number of thiophene rings is 1. The van der Waals surface area contributed by atoms with Gasteiger partial charge in [-0.3, -0.25) is 4.98 Å². The fourth-order valence-corrected chi connectivity index (χ4v) is 2.80. The van der Waals surface area contributed by atoms with E-state index in [0.29, 0.717) is 5.82 Å². The number of hydrogen-bond donors (Lipinski definition) is 2. The minimum absolute atomic E-state index is 0.656. The quantitative estimate of drug-likeness (QED) is 0.554. The summed E-state index contributed by atoms with van der Waals surface area (Å²) in [4.78, 5) is 14.8. The van der Waals surface area contributed by atoms with Crippen molar-refractivity contribution in [3.8, 4) is 0 Å². The molecule has 0 aromatic carbocycles. The minimum Gasteiger partial charge on any atom is -0.308 e. The summed E-state index contributed by atoms with van der Waals surface area (Å²) in [5.41, 5.74) is 3.63. The zero-order chi connectivity index (χ0) is 12.4. The Balaban J connectivity index is 1.99. The Hall–Kier alpha value is -2.05. The molecular weight excluding hydrogens is 246 g/mol. The van der Waals surface area contributed by atoms with E-state index in [1.807, 2.05) is 18.2 Å². The summed E-state index contributed by atoms with van der Waals surface area (Å²) in [6.07, 6.45) is 4.11. The van der Waals surface area contributed by atoms with E-state index >= 15 is 0 Å². The second-order valence-electron chi connectivity index (χ2n) is 3.80. The van der Waals surface area contributed by atoms with Crippen LogP contribution in [0.2, 0.25) is 0 Å². The number of nitrogens with zero attached hydrogens (tertiary/aromatic N) is 3. The smallest absolute Gasteiger partial charge is 0.152 e. The molecule has 0 spiro atoms. The van der Waals surface area contributed by atoms with Gasteiger partial charge >= 0.3 is 0 Å². The summed E-state index contributed by atoms with van der Waals surface area (Å²) < 4.78 is 0. The lowest BCUT2D eigenvalue weighted by atomic mass is 10.2. The van der Waals surface area contributed by atoms with Gasteiger partial charge in [-0.15, -0.1) is 11.3 Å². The molecule has 0 aliphatic heterocycles. The van der Waals surface area contributed by atoms with Crippen LogP contribution in [0.15, 0.2) is 36.8 Å². The van der Waals surface area contributed by atoms with Crippen molar-refractivity contribution >= 4 is 27.4 Å². The third-order valence-electron chi connectivity index (χ3n) is 2.60. The van der Waals surface area contributed by atoms with Gasteiger partial charge in [0, 0.05) is 23.2 Å². The van der Waals surface area contributed by atoms with E-state index in [2.05, 4.69) is 26.4 Å². The van der Waals surface area contributed by atoms with Crippen LogP contribution in [-0.2, 0) is 6.42 Å². The van der Waals surface area contributed by atoms with Gasteiger partial charge in [0.05, 0.1) is 5.39 Å². The molecule has 3 aromatic heterocycles. The molecule has 3 rings (SSSR count). The van der Waals surface area contributed by atoms with Gasteiger partial charge in [-0.25, -0.2) is 15.8 Å². The number of anilines is 1. The molecule has 0 bridgehead atoms. The van der Waals surface area contributed by atoms with Gasteiger partial charge in [-0.2, -0.15) is 0 Å². The van der Waals surface area contributed by atoms with Crippen molar-refractivity contribution in [2.75, 3.05) is 5.43 Å². The minimum atomic E-state index is 0.656. The van der Waals surface area contributed by atoms with E-state index in [4.69, 9.17) is 5.84 Å². The Morgan fingerprint density at radius 3 is 2.94 bits per heavy atom. The van der Waals surface area contributed by atoms with Gasteiger partial charge < -0.3 is 5.43 Å². The summed E-state index contributed by atoms with van der Waals surface area (Å²) in [5.74, 6) is 6.09. The van der Waals surface area contributed by atoms with E-state index in [1.165, 1.54) is 11.2 Å². The predicted octanol–water partition coefficient (Wildman–Crippen LogP) is 1.96. The highest BCUT2D eigenvalue weighted by atomic mass is 32.1. The largest absolute Gasteiger partial charge is 0.308 e. The van der Waals surface area contributed by atoms with Crippen molar-refractivity contribution in [2.45, 2.75) is 6.42 Å². The number of nitrogen functional groups attached to an aromatic ring is 1. The molecular formula is C12H11N5S. The van der Waals surface area contributed by atoms with Crippen molar-refractivity contribution < 1.29 is 0 Å². The number of hydrogen-bond acceptors (Lipinski definition) is 6. The molecule has 3 aromatic rings. The Labute approximate surface area is 108 Å². The monoisotopic (exact) mass is 257 g/mol. The molecule has 6 heteroatoms. The fourth-order valence-electron chi connectivity index (χ4n) is 1.79. The van der Waals surface area contributed by atoms with Crippen LogP contribution in [0.4, 0.5) is 5.82 Å². The average Bonchev–Trinajstić information content (AvgIpc) is 2.82. The standard InChI is InChI=1S/C12H11N5S/c13-17-11-10-6-9(18-12(10)16-7-15-11)5-8-3-1-2-4-14-8/h1-4,6-7H,5,13H2,(H,15,16,17). The Bertz CT molecular complexity index is 665. The van der Waals surface area contributed by atoms with Crippen LogP contribution >= 0.6 is 11.3 Å². The summed E-state index contributed by atoms with van der Waals surface area (Å²) in [5, 5.41) is 0.955. The molecule has 0 aliphatic rings. The number of rotatable bonds is 3. The third kappa shape index (κ3) is 2.03. The van der Waals surface area contributed by atoms with Crippen LogP contribution < -0.4 is 11.3 Å². The van der Waals surface area contributed by atoms with Crippen molar-refractivity contribution in [3.05, 3.63) is 47.4 Å². The second kappa shape index (κ2) is 4.67. The Kier molecular flexibility index (Phi) is 2.87. The van der Waals surface area contributed by atoms with Crippen LogP contribution in [0.25, 0.3) is 10.2 Å². The van der Waals surface area contributed by atoms with Crippen molar-refractivity contribution in [2.24, 2.45) is 5.84 Å². The first-order valence-corrected chi connectivity index (χ1v) is 6.28. The van der Waals surface area contributed by atoms with Gasteiger partial charge in [0.1, 0.15) is 11.2 Å². The van der Waals surface area contributed by atoms with Crippen molar-refractivity contribution in [1.82, 2.24) is 15.0 Å². The van der Waals surface area contributed by atoms with Crippen molar-refractivity contribution in [1.29, 1.82) is 0 Å². The molecule has 3 N–H and O–H groups in total. The SMILES string of the molecule is NNc1ncnc2sc(Cc3ccccn3)cc12. The molecule has 0 amide bonds. The zero-order valence-corrected chi connectivity index (χ0v) is 10.3. The Morgan fingerprint density at radius 2 is 2.17 bits per heavy atom. The molecule has 0 radical (unpaired) electrons. The van der Waals surface area contributed by atoms with Gasteiger partial charge in [0.25, 0.3) is 0 Å². The fraction of sp³-hybridized carbons (Fsp3) is 0.0833. The van der Waals surface area contributed by atoms with Gasteiger partial charge in [0.2, 0.25) is 0 Å². The normalized spacial score (nSPS) is 10.7. The number of pyridine rings is 1. The van der Waals surface area contributed by atoms with Gasteiger partial charge in [-0.05, 0) is 18.2 Å². The second-order valence-corrected chi connectivity index (χ2v) is 4.91. The summed E-state index contributed by atoms with van der Waals surface area (Å²) in [6.45, 7) is 0. The average molecular weight is 257 g/mol. The van der Waals surface area contributed by atoms with Crippen molar-refractivity contribution in [3.63, 3.8) is 0 Å². The van der Waals surface area contributed by atoms with Crippen LogP contribution in [0.5, 0.6) is 0 Å². The lowest BCUT2D eigenvalue weighted by Gasteiger charge is -1.97. The van der Waals surface area contributed by atoms with Crippen LogP contribution in [0.3, 0.4) is 0 Å². The summed E-state index contributed by atoms with van der Waals surface area (Å²) in [6, 6.07) is 7.97. The molecule has 5 nitrogen and oxygen atoms in total. The first kappa shape index (κ1) is 11.1. The molecule has 0 unspecified atom stereocenters. The number of aromatic nitrogens is 3. The lowest BCUT2D eigenvalue weighted by molar-refractivity contribution is 1.10. The number of hydrazine groups is 1. The highest BCUT2D eigenvalue weighted by Crippen LogP contribution is 2.28. The molecule has 90 valence electrons. The number of nitrogens with two attached hydrogens (primary N) is 1. The van der Waals surface area contributed by atoms with E-state index in [-0.39, 0.29) is 0 Å².